The van der Waals surface area contributed by atoms with Gasteiger partial charge in [0.05, 0.1) is 23.0 Å². The third-order valence-electron chi connectivity index (χ3n) is 8.78. The van der Waals surface area contributed by atoms with Gasteiger partial charge in [0, 0.05) is 44.4 Å². The van der Waals surface area contributed by atoms with Crippen molar-refractivity contribution in [3.8, 4) is 11.3 Å². The molecule has 2 aromatic heterocycles. The first-order valence-corrected chi connectivity index (χ1v) is 14.5. The fourth-order valence-corrected chi connectivity index (χ4v) is 6.47. The standard InChI is InChI=1S/C38H24F2N2O3/c1-38(2)30-15-23(42(22-9-4-3-5-10-22)24-14-21-8-6-7-11-34(21)41-20-24)12-13-26(30)37-31(38)17-25(45-37)16-29-35(43)27-18-32(39)33(40)19-28(27)36(29)44/h3-20H,1-2H3. The second kappa shape index (κ2) is 9.66. The molecular weight excluding hydrogens is 570 g/mol. The molecule has 0 atom stereocenters. The molecule has 4 aromatic carbocycles. The Morgan fingerprint density at radius 2 is 1.40 bits per heavy atom. The molecule has 218 valence electrons. The Morgan fingerprint density at radius 3 is 2.13 bits per heavy atom. The van der Waals surface area contributed by atoms with E-state index in [1.54, 1.807) is 0 Å². The topological polar surface area (TPSA) is 63.4 Å². The lowest BCUT2D eigenvalue weighted by atomic mass is 9.82. The molecule has 6 aromatic rings. The molecule has 0 amide bonds. The zero-order valence-corrected chi connectivity index (χ0v) is 24.3. The van der Waals surface area contributed by atoms with Gasteiger partial charge in [0.1, 0.15) is 11.5 Å². The first-order valence-electron chi connectivity index (χ1n) is 14.5. The first-order chi connectivity index (χ1) is 21.7. The summed E-state index contributed by atoms with van der Waals surface area (Å²) in [6.07, 6.45) is 3.25. The highest BCUT2D eigenvalue weighted by Crippen LogP contribution is 2.52. The normalized spacial score (nSPS) is 14.4. The summed E-state index contributed by atoms with van der Waals surface area (Å²) in [7, 11) is 0. The minimum absolute atomic E-state index is 0.146. The van der Waals surface area contributed by atoms with E-state index >= 15 is 0 Å². The van der Waals surface area contributed by atoms with E-state index < -0.39 is 28.6 Å². The molecule has 8 rings (SSSR count). The van der Waals surface area contributed by atoms with Crippen LogP contribution in [0.2, 0.25) is 0 Å². The van der Waals surface area contributed by atoms with Crippen LogP contribution in [0, 0.1) is 11.6 Å². The van der Waals surface area contributed by atoms with Crippen LogP contribution < -0.4 is 4.90 Å². The van der Waals surface area contributed by atoms with E-state index in [0.717, 1.165) is 56.8 Å². The lowest BCUT2D eigenvalue weighted by Gasteiger charge is -2.27. The van der Waals surface area contributed by atoms with Crippen molar-refractivity contribution in [1.29, 1.82) is 0 Å². The van der Waals surface area contributed by atoms with Crippen LogP contribution >= 0.6 is 0 Å². The molecule has 0 saturated heterocycles. The average Bonchev–Trinajstić information content (AvgIpc) is 3.64. The lowest BCUT2D eigenvalue weighted by Crippen LogP contribution is -2.16. The summed E-state index contributed by atoms with van der Waals surface area (Å²) in [5, 5.41) is 1.04. The summed E-state index contributed by atoms with van der Waals surface area (Å²) in [6.45, 7) is 4.21. The van der Waals surface area contributed by atoms with Crippen molar-refractivity contribution < 1.29 is 22.8 Å². The molecule has 0 saturated carbocycles. The highest BCUT2D eigenvalue weighted by molar-refractivity contribution is 6.41. The SMILES string of the molecule is CC1(C)c2cc(N(c3ccccc3)c3cnc4ccccc4c3)ccc2-c2oc(C=C3C(=O)c4cc(F)c(F)cc4C3=O)cc21. The molecule has 0 unspecified atom stereocenters. The molecule has 5 nitrogen and oxygen atoms in total. The number of carbonyl (C=O) groups excluding carboxylic acids is 2. The zero-order valence-electron chi connectivity index (χ0n) is 24.3. The molecule has 7 heteroatoms. The van der Waals surface area contributed by atoms with Gasteiger partial charge in [-0.2, -0.15) is 0 Å². The van der Waals surface area contributed by atoms with Gasteiger partial charge in [-0.25, -0.2) is 8.78 Å². The molecular formula is C38H24F2N2O3. The van der Waals surface area contributed by atoms with Crippen molar-refractivity contribution >= 4 is 45.6 Å². The number of fused-ring (bicyclic) bond motifs is 5. The number of pyridine rings is 1. The van der Waals surface area contributed by atoms with E-state index in [1.807, 2.05) is 66.9 Å². The number of halogens is 2. The Morgan fingerprint density at radius 1 is 0.711 bits per heavy atom. The number of allylic oxidation sites excluding steroid dienone is 1. The van der Waals surface area contributed by atoms with E-state index in [4.69, 9.17) is 9.40 Å². The van der Waals surface area contributed by atoms with E-state index in [2.05, 4.69) is 43.0 Å². The highest BCUT2D eigenvalue weighted by atomic mass is 19.2. The Labute approximate surface area is 257 Å². The van der Waals surface area contributed by atoms with Crippen LogP contribution in [0.3, 0.4) is 0 Å². The van der Waals surface area contributed by atoms with Gasteiger partial charge in [0.2, 0.25) is 0 Å². The number of carbonyl (C=O) groups is 2. The number of ketones is 2. The molecule has 0 radical (unpaired) electrons. The first kappa shape index (κ1) is 26.9. The van der Waals surface area contributed by atoms with Crippen LogP contribution in [0.25, 0.3) is 28.3 Å². The van der Waals surface area contributed by atoms with Crippen molar-refractivity contribution in [3.63, 3.8) is 0 Å². The van der Waals surface area contributed by atoms with Crippen LogP contribution in [0.4, 0.5) is 25.8 Å². The molecule has 0 fully saturated rings. The van der Waals surface area contributed by atoms with Gasteiger partial charge in [-0.1, -0.05) is 50.2 Å². The fraction of sp³-hybridized carbons (Fsp3) is 0.0789. The Hall–Kier alpha value is -5.69. The second-order valence-electron chi connectivity index (χ2n) is 11.8. The highest BCUT2D eigenvalue weighted by Gasteiger charge is 2.40. The quantitative estimate of drug-likeness (QED) is 0.150. The smallest absolute Gasteiger partial charge is 0.197 e. The molecule has 0 bridgehead atoms. The summed E-state index contributed by atoms with van der Waals surface area (Å²) in [4.78, 5) is 32.8. The maximum atomic E-state index is 13.8. The van der Waals surface area contributed by atoms with Crippen LogP contribution in [-0.2, 0) is 5.41 Å². The summed E-state index contributed by atoms with van der Waals surface area (Å²) >= 11 is 0. The fourth-order valence-electron chi connectivity index (χ4n) is 6.47. The number of anilines is 3. The number of rotatable bonds is 4. The molecule has 2 aliphatic rings. The van der Waals surface area contributed by atoms with Crippen molar-refractivity contribution in [1.82, 2.24) is 4.98 Å². The molecule has 2 heterocycles. The van der Waals surface area contributed by atoms with Gasteiger partial charge < -0.3 is 9.32 Å². The monoisotopic (exact) mass is 594 g/mol. The largest absolute Gasteiger partial charge is 0.456 e. The second-order valence-corrected chi connectivity index (χ2v) is 11.8. The van der Waals surface area contributed by atoms with Gasteiger partial charge in [-0.3, -0.25) is 14.6 Å². The van der Waals surface area contributed by atoms with Crippen LogP contribution in [-0.4, -0.2) is 16.6 Å². The number of aromatic nitrogens is 1. The van der Waals surface area contributed by atoms with E-state index in [9.17, 15) is 18.4 Å². The number of furan rings is 1. The number of nitrogens with zero attached hydrogens (tertiary/aromatic N) is 2. The number of hydrogen-bond acceptors (Lipinski definition) is 5. The number of benzene rings is 4. The van der Waals surface area contributed by atoms with Gasteiger partial charge in [0.15, 0.2) is 23.2 Å². The van der Waals surface area contributed by atoms with E-state index in [-0.39, 0.29) is 16.7 Å². The van der Waals surface area contributed by atoms with E-state index in [1.165, 1.54) is 6.08 Å². The average molecular weight is 595 g/mol. The molecule has 45 heavy (non-hydrogen) atoms. The molecule has 0 spiro atoms. The predicted octanol–water partition coefficient (Wildman–Crippen LogP) is 9.34. The zero-order chi connectivity index (χ0) is 31.0. The number of para-hydroxylation sites is 2. The third-order valence-corrected chi connectivity index (χ3v) is 8.78. The minimum atomic E-state index is -1.17. The molecule has 2 aliphatic carbocycles. The maximum absolute atomic E-state index is 13.8. The maximum Gasteiger partial charge on any atom is 0.197 e. The summed E-state index contributed by atoms with van der Waals surface area (Å²) in [6, 6.07) is 29.9. The Bertz CT molecular complexity index is 2220. The predicted molar refractivity (Wildman–Crippen MR) is 169 cm³/mol. The van der Waals surface area contributed by atoms with Crippen LogP contribution in [0.15, 0.2) is 113 Å². The molecule has 0 aliphatic heterocycles. The molecule has 0 N–H and O–H groups in total. The summed E-state index contributed by atoms with van der Waals surface area (Å²) in [5.41, 5.74) is 5.73. The van der Waals surface area contributed by atoms with Crippen molar-refractivity contribution in [3.05, 3.63) is 148 Å². The Kier molecular flexibility index (Phi) is 5.77. The van der Waals surface area contributed by atoms with Crippen LogP contribution in [0.1, 0.15) is 51.5 Å². The van der Waals surface area contributed by atoms with Crippen LogP contribution in [0.5, 0.6) is 0 Å². The van der Waals surface area contributed by atoms with Crippen molar-refractivity contribution in [2.45, 2.75) is 19.3 Å². The number of hydrogen-bond donors (Lipinski definition) is 0. The Balaban J connectivity index is 1.20. The minimum Gasteiger partial charge on any atom is -0.456 e. The number of Topliss-reactive ketones (excluding diaryl/α,β-unsaturated/α-hetero) is 2. The van der Waals surface area contributed by atoms with Crippen molar-refractivity contribution in [2.75, 3.05) is 4.90 Å². The van der Waals surface area contributed by atoms with E-state index in [0.29, 0.717) is 11.5 Å². The van der Waals surface area contributed by atoms with Gasteiger partial charge in [-0.15, -0.1) is 0 Å². The summed E-state index contributed by atoms with van der Waals surface area (Å²) in [5.74, 6) is -2.68. The van der Waals surface area contributed by atoms with Gasteiger partial charge >= 0.3 is 0 Å². The van der Waals surface area contributed by atoms with Gasteiger partial charge in [0.25, 0.3) is 0 Å². The summed E-state index contributed by atoms with van der Waals surface area (Å²) < 4.78 is 33.9. The van der Waals surface area contributed by atoms with Crippen molar-refractivity contribution in [2.24, 2.45) is 0 Å². The third kappa shape index (κ3) is 4.08. The van der Waals surface area contributed by atoms with Gasteiger partial charge in [-0.05, 0) is 72.3 Å². The lowest BCUT2D eigenvalue weighted by molar-refractivity contribution is 0.0990.